The molecule has 1 saturated heterocycles. The molecule has 5 heteroatoms. The maximum Gasteiger partial charge on any atom is 0.322 e. The van der Waals surface area contributed by atoms with E-state index in [1.165, 1.54) is 0 Å². The van der Waals surface area contributed by atoms with Crippen LogP contribution >= 0.6 is 12.2 Å². The van der Waals surface area contributed by atoms with Gasteiger partial charge in [0.15, 0.2) is 0 Å². The van der Waals surface area contributed by atoms with E-state index in [0.717, 1.165) is 18.5 Å². The smallest absolute Gasteiger partial charge is 0.322 e. The first-order valence-electron chi connectivity index (χ1n) is 5.60. The molecule has 1 aromatic rings. The maximum atomic E-state index is 12.0. The van der Waals surface area contributed by atoms with Gasteiger partial charge < -0.3 is 16.0 Å². The molecule has 1 unspecified atom stereocenters. The second-order valence-electron chi connectivity index (χ2n) is 4.05. The number of benzene rings is 1. The highest BCUT2D eigenvalue weighted by Gasteiger charge is 2.30. The molecule has 1 aliphatic heterocycles. The molecule has 1 aliphatic rings. The second-order valence-corrected chi connectivity index (χ2v) is 4.52. The number of likely N-dealkylation sites (tertiary alicyclic amines) is 1. The first-order chi connectivity index (χ1) is 8.18. The van der Waals surface area contributed by atoms with Crippen LogP contribution in [0.1, 0.15) is 12.8 Å². The molecule has 1 aromatic carbocycles. The average Bonchev–Trinajstić information content (AvgIpc) is 2.79. The Labute approximate surface area is 106 Å². The Morgan fingerprint density at radius 2 is 2.12 bits per heavy atom. The number of carbonyl (C=O) groups is 1. The summed E-state index contributed by atoms with van der Waals surface area (Å²) in [5.41, 5.74) is 6.41. The second kappa shape index (κ2) is 5.14. The fourth-order valence-corrected chi connectivity index (χ4v) is 2.27. The summed E-state index contributed by atoms with van der Waals surface area (Å²) in [5.74, 6) is 0. The van der Waals surface area contributed by atoms with Gasteiger partial charge in [0.05, 0.1) is 11.0 Å². The maximum absolute atomic E-state index is 12.0. The van der Waals surface area contributed by atoms with Crippen molar-refractivity contribution in [1.82, 2.24) is 4.90 Å². The lowest BCUT2D eigenvalue weighted by Crippen LogP contribution is -2.44. The largest absolute Gasteiger partial charge is 0.392 e. The molecule has 0 radical (unpaired) electrons. The fourth-order valence-electron chi connectivity index (χ4n) is 2.02. The number of anilines is 1. The van der Waals surface area contributed by atoms with Crippen LogP contribution in [-0.4, -0.2) is 28.5 Å². The number of carbonyl (C=O) groups excluding carboxylic acids is 1. The van der Waals surface area contributed by atoms with E-state index < -0.39 is 0 Å². The zero-order valence-corrected chi connectivity index (χ0v) is 10.2. The van der Waals surface area contributed by atoms with Crippen LogP contribution in [0.5, 0.6) is 0 Å². The lowest BCUT2D eigenvalue weighted by molar-refractivity contribution is 0.217. The van der Waals surface area contributed by atoms with E-state index in [0.29, 0.717) is 11.5 Å². The Morgan fingerprint density at radius 1 is 1.41 bits per heavy atom. The molecule has 0 spiro atoms. The van der Waals surface area contributed by atoms with E-state index in [-0.39, 0.29) is 12.1 Å². The van der Waals surface area contributed by atoms with Crippen LogP contribution in [0.2, 0.25) is 0 Å². The van der Waals surface area contributed by atoms with Gasteiger partial charge in [-0.25, -0.2) is 4.79 Å². The molecule has 2 amide bonds. The van der Waals surface area contributed by atoms with Gasteiger partial charge in [-0.05, 0) is 25.0 Å². The van der Waals surface area contributed by atoms with Crippen molar-refractivity contribution in [1.29, 1.82) is 0 Å². The van der Waals surface area contributed by atoms with Crippen molar-refractivity contribution in [3.63, 3.8) is 0 Å². The van der Waals surface area contributed by atoms with Gasteiger partial charge in [-0.1, -0.05) is 30.4 Å². The van der Waals surface area contributed by atoms with Crippen molar-refractivity contribution in [3.8, 4) is 0 Å². The minimum Gasteiger partial charge on any atom is -0.392 e. The molecular weight excluding hydrogens is 234 g/mol. The molecular formula is C12H15N3OS. The molecule has 3 N–H and O–H groups in total. The van der Waals surface area contributed by atoms with E-state index in [2.05, 4.69) is 5.32 Å². The topological polar surface area (TPSA) is 58.4 Å². The standard InChI is InChI=1S/C12H15N3OS/c13-11(17)10-7-4-8-15(10)12(16)14-9-5-2-1-3-6-9/h1-3,5-6,10H,4,7-8H2,(H2,13,17)(H,14,16). The molecule has 17 heavy (non-hydrogen) atoms. The van der Waals surface area contributed by atoms with Gasteiger partial charge in [-0.3, -0.25) is 0 Å². The van der Waals surface area contributed by atoms with Crippen LogP contribution in [0.3, 0.4) is 0 Å². The van der Waals surface area contributed by atoms with Crippen molar-refractivity contribution in [2.75, 3.05) is 11.9 Å². The van der Waals surface area contributed by atoms with Crippen molar-refractivity contribution in [3.05, 3.63) is 30.3 Å². The van der Waals surface area contributed by atoms with Gasteiger partial charge in [-0.2, -0.15) is 0 Å². The van der Waals surface area contributed by atoms with E-state index in [4.69, 9.17) is 18.0 Å². The number of thiocarbonyl (C=S) groups is 1. The summed E-state index contributed by atoms with van der Waals surface area (Å²) < 4.78 is 0. The number of nitrogens with one attached hydrogen (secondary N) is 1. The summed E-state index contributed by atoms with van der Waals surface area (Å²) in [6.07, 6.45) is 1.81. The lowest BCUT2D eigenvalue weighted by Gasteiger charge is -2.23. The van der Waals surface area contributed by atoms with Crippen LogP contribution in [0.4, 0.5) is 10.5 Å². The van der Waals surface area contributed by atoms with Gasteiger partial charge in [0.2, 0.25) is 0 Å². The normalized spacial score (nSPS) is 19.1. The Bertz CT molecular complexity index is 421. The highest BCUT2D eigenvalue weighted by Crippen LogP contribution is 2.19. The SMILES string of the molecule is NC(=S)C1CCCN1C(=O)Nc1ccccc1. The first-order valence-corrected chi connectivity index (χ1v) is 6.01. The zero-order valence-electron chi connectivity index (χ0n) is 9.43. The Hall–Kier alpha value is -1.62. The van der Waals surface area contributed by atoms with Crippen molar-refractivity contribution >= 4 is 28.9 Å². The molecule has 0 bridgehead atoms. The van der Waals surface area contributed by atoms with Gasteiger partial charge >= 0.3 is 6.03 Å². The van der Waals surface area contributed by atoms with Crippen LogP contribution in [0, 0.1) is 0 Å². The molecule has 0 aromatic heterocycles. The third-order valence-corrected chi connectivity index (χ3v) is 3.14. The van der Waals surface area contributed by atoms with E-state index in [1.807, 2.05) is 30.3 Å². The molecule has 2 rings (SSSR count). The van der Waals surface area contributed by atoms with Gasteiger partial charge in [-0.15, -0.1) is 0 Å². The molecule has 4 nitrogen and oxygen atoms in total. The number of para-hydroxylation sites is 1. The number of urea groups is 1. The minimum absolute atomic E-state index is 0.103. The predicted molar refractivity (Wildman–Crippen MR) is 72.0 cm³/mol. The molecule has 0 aliphatic carbocycles. The molecule has 90 valence electrons. The minimum atomic E-state index is -0.133. The Balaban J connectivity index is 2.03. The fraction of sp³-hybridized carbons (Fsp3) is 0.333. The van der Waals surface area contributed by atoms with E-state index in [1.54, 1.807) is 4.90 Å². The van der Waals surface area contributed by atoms with Gasteiger partial charge in [0, 0.05) is 12.2 Å². The third kappa shape index (κ3) is 2.74. The quantitative estimate of drug-likeness (QED) is 0.788. The van der Waals surface area contributed by atoms with Gasteiger partial charge in [0.1, 0.15) is 0 Å². The number of rotatable bonds is 2. The molecule has 1 atom stereocenters. The molecule has 0 saturated carbocycles. The van der Waals surface area contributed by atoms with Crippen molar-refractivity contribution < 1.29 is 4.79 Å². The summed E-state index contributed by atoms with van der Waals surface area (Å²) >= 11 is 4.97. The Kier molecular flexibility index (Phi) is 3.58. The van der Waals surface area contributed by atoms with Crippen LogP contribution < -0.4 is 11.1 Å². The number of nitrogens with two attached hydrogens (primary N) is 1. The lowest BCUT2D eigenvalue weighted by atomic mass is 10.2. The number of hydrogen-bond acceptors (Lipinski definition) is 2. The monoisotopic (exact) mass is 249 g/mol. The summed E-state index contributed by atoms with van der Waals surface area (Å²) in [4.78, 5) is 14.1. The number of nitrogens with zero attached hydrogens (tertiary/aromatic N) is 1. The van der Waals surface area contributed by atoms with Crippen LogP contribution in [-0.2, 0) is 0 Å². The molecule has 1 heterocycles. The van der Waals surface area contributed by atoms with Crippen molar-refractivity contribution in [2.24, 2.45) is 5.73 Å². The zero-order chi connectivity index (χ0) is 12.3. The number of amides is 2. The van der Waals surface area contributed by atoms with Crippen LogP contribution in [0.25, 0.3) is 0 Å². The highest BCUT2D eigenvalue weighted by molar-refractivity contribution is 7.80. The average molecular weight is 249 g/mol. The van der Waals surface area contributed by atoms with Gasteiger partial charge in [0.25, 0.3) is 0 Å². The summed E-state index contributed by atoms with van der Waals surface area (Å²) in [6.45, 7) is 0.709. The number of hydrogen-bond donors (Lipinski definition) is 2. The summed E-state index contributed by atoms with van der Waals surface area (Å²) in [6, 6.07) is 9.13. The summed E-state index contributed by atoms with van der Waals surface area (Å²) in [7, 11) is 0. The highest BCUT2D eigenvalue weighted by atomic mass is 32.1. The first kappa shape index (κ1) is 11.9. The third-order valence-electron chi connectivity index (χ3n) is 2.87. The molecule has 1 fully saturated rings. The summed E-state index contributed by atoms with van der Waals surface area (Å²) in [5, 5.41) is 2.84. The van der Waals surface area contributed by atoms with Crippen molar-refractivity contribution in [2.45, 2.75) is 18.9 Å². The van der Waals surface area contributed by atoms with E-state index in [9.17, 15) is 4.79 Å². The van der Waals surface area contributed by atoms with E-state index >= 15 is 0 Å². The predicted octanol–water partition coefficient (Wildman–Crippen LogP) is 1.97. The van der Waals surface area contributed by atoms with Crippen LogP contribution in [0.15, 0.2) is 30.3 Å². The Morgan fingerprint density at radius 3 is 2.76 bits per heavy atom.